The molecule has 0 unspecified atom stereocenters. The van der Waals surface area contributed by atoms with Gasteiger partial charge in [-0.25, -0.2) is 8.42 Å². The maximum Gasteiger partial charge on any atom is 0.240 e. The molecule has 0 aromatic heterocycles. The molecule has 146 valence electrons. The summed E-state index contributed by atoms with van der Waals surface area (Å²) in [7, 11) is -3.54. The fourth-order valence-corrected chi connectivity index (χ4v) is 3.73. The molecule has 0 atom stereocenters. The summed E-state index contributed by atoms with van der Waals surface area (Å²) in [4.78, 5) is 12.2. The Balaban J connectivity index is 1.90. The number of benzene rings is 2. The van der Waals surface area contributed by atoms with Crippen molar-refractivity contribution in [1.82, 2.24) is 5.32 Å². The third kappa shape index (κ3) is 6.71. The van der Waals surface area contributed by atoms with Crippen LogP contribution in [0.2, 0.25) is 0 Å². The van der Waals surface area contributed by atoms with Crippen LogP contribution in [0.25, 0.3) is 0 Å². The van der Waals surface area contributed by atoms with E-state index in [2.05, 4.69) is 30.4 Å². The van der Waals surface area contributed by atoms with Gasteiger partial charge in [-0.1, -0.05) is 48.9 Å². The zero-order valence-corrected chi connectivity index (χ0v) is 17.1. The first-order valence-corrected chi connectivity index (χ1v) is 11.0. The summed E-state index contributed by atoms with van der Waals surface area (Å²) in [5.74, 6) is -0.302. The number of amides is 1. The van der Waals surface area contributed by atoms with E-state index >= 15 is 0 Å². The summed E-state index contributed by atoms with van der Waals surface area (Å²) in [5.41, 5.74) is 4.07. The van der Waals surface area contributed by atoms with Gasteiger partial charge in [0.05, 0.1) is 11.9 Å². The quantitative estimate of drug-likeness (QED) is 0.672. The van der Waals surface area contributed by atoms with Gasteiger partial charge in [-0.3, -0.25) is 9.10 Å². The summed E-state index contributed by atoms with van der Waals surface area (Å²) in [6, 6.07) is 15.5. The second-order valence-corrected chi connectivity index (χ2v) is 8.64. The maximum absolute atomic E-state index is 12.2. The number of nitrogens with one attached hydrogen (secondary N) is 1. The molecule has 2 aromatic rings. The molecule has 6 heteroatoms. The number of carbonyl (C=O) groups is 1. The van der Waals surface area contributed by atoms with Crippen molar-refractivity contribution in [3.05, 3.63) is 65.2 Å². The Labute approximate surface area is 162 Å². The van der Waals surface area contributed by atoms with Crippen LogP contribution in [0.5, 0.6) is 0 Å². The Morgan fingerprint density at radius 3 is 2.37 bits per heavy atom. The van der Waals surface area contributed by atoms with Crippen LogP contribution in [0.1, 0.15) is 30.0 Å². The number of rotatable bonds is 9. The highest BCUT2D eigenvalue weighted by molar-refractivity contribution is 7.92. The van der Waals surface area contributed by atoms with E-state index in [0.29, 0.717) is 12.2 Å². The van der Waals surface area contributed by atoms with Crippen LogP contribution in [0.3, 0.4) is 0 Å². The smallest absolute Gasteiger partial charge is 0.240 e. The molecule has 0 aliphatic carbocycles. The Hall–Kier alpha value is -2.34. The summed E-state index contributed by atoms with van der Waals surface area (Å²) in [6.45, 7) is 4.39. The Bertz CT molecular complexity index is 861. The molecule has 0 saturated carbocycles. The fourth-order valence-electron chi connectivity index (χ4n) is 2.87. The number of sulfonamides is 1. The molecule has 1 N–H and O–H groups in total. The van der Waals surface area contributed by atoms with Crippen LogP contribution in [0.4, 0.5) is 5.69 Å². The van der Waals surface area contributed by atoms with Crippen molar-refractivity contribution in [1.29, 1.82) is 0 Å². The van der Waals surface area contributed by atoms with Gasteiger partial charge < -0.3 is 5.32 Å². The first kappa shape index (κ1) is 21.0. The molecule has 2 aromatic carbocycles. The highest BCUT2D eigenvalue weighted by Gasteiger charge is 2.20. The minimum absolute atomic E-state index is 0.214. The van der Waals surface area contributed by atoms with Crippen LogP contribution in [0.15, 0.2) is 48.5 Å². The third-order valence-corrected chi connectivity index (χ3v) is 5.51. The van der Waals surface area contributed by atoms with E-state index in [1.165, 1.54) is 11.1 Å². The van der Waals surface area contributed by atoms with E-state index in [9.17, 15) is 13.2 Å². The second kappa shape index (κ2) is 9.55. The molecule has 0 radical (unpaired) electrons. The van der Waals surface area contributed by atoms with Crippen molar-refractivity contribution < 1.29 is 13.2 Å². The Kier molecular flexibility index (Phi) is 7.42. The molecular formula is C21H28N2O3S. The number of anilines is 1. The van der Waals surface area contributed by atoms with Crippen molar-refractivity contribution >= 4 is 21.6 Å². The van der Waals surface area contributed by atoms with Gasteiger partial charge >= 0.3 is 0 Å². The van der Waals surface area contributed by atoms with E-state index < -0.39 is 10.0 Å². The molecule has 1 amide bonds. The number of aryl methyl sites for hydroxylation is 3. The van der Waals surface area contributed by atoms with Crippen molar-refractivity contribution in [3.63, 3.8) is 0 Å². The van der Waals surface area contributed by atoms with Crippen LogP contribution in [-0.4, -0.2) is 33.7 Å². The first-order valence-electron chi connectivity index (χ1n) is 9.18. The number of carbonyl (C=O) groups excluding carboxylic acids is 1. The van der Waals surface area contributed by atoms with E-state index in [4.69, 9.17) is 0 Å². The monoisotopic (exact) mass is 388 g/mol. The van der Waals surface area contributed by atoms with Gasteiger partial charge in [0.25, 0.3) is 0 Å². The van der Waals surface area contributed by atoms with Crippen LogP contribution in [0, 0.1) is 6.92 Å². The van der Waals surface area contributed by atoms with Gasteiger partial charge in [0.1, 0.15) is 6.54 Å². The molecule has 0 fully saturated rings. The van der Waals surface area contributed by atoms with Gasteiger partial charge in [-0.15, -0.1) is 0 Å². The largest absolute Gasteiger partial charge is 0.355 e. The molecule has 27 heavy (non-hydrogen) atoms. The molecule has 5 nitrogen and oxygen atoms in total. The van der Waals surface area contributed by atoms with E-state index in [-0.39, 0.29) is 12.5 Å². The molecule has 0 aliphatic heterocycles. The van der Waals surface area contributed by atoms with Crippen molar-refractivity contribution in [2.24, 2.45) is 0 Å². The van der Waals surface area contributed by atoms with Crippen molar-refractivity contribution in [3.8, 4) is 0 Å². The SMILES string of the molecule is CCc1ccc(N(CC(=O)NCCCc2cccc(C)c2)S(C)(=O)=O)cc1. The molecule has 0 aliphatic rings. The number of hydrogen-bond donors (Lipinski definition) is 1. The summed E-state index contributed by atoms with van der Waals surface area (Å²) >= 11 is 0. The lowest BCUT2D eigenvalue weighted by molar-refractivity contribution is -0.119. The fraction of sp³-hybridized carbons (Fsp3) is 0.381. The lowest BCUT2D eigenvalue weighted by Gasteiger charge is -2.22. The van der Waals surface area contributed by atoms with E-state index in [1.54, 1.807) is 12.1 Å². The lowest BCUT2D eigenvalue weighted by Crippen LogP contribution is -2.40. The van der Waals surface area contributed by atoms with Crippen LogP contribution >= 0.6 is 0 Å². The normalized spacial score (nSPS) is 11.2. The van der Waals surface area contributed by atoms with E-state index in [0.717, 1.165) is 35.4 Å². The van der Waals surface area contributed by atoms with E-state index in [1.807, 2.05) is 25.1 Å². The van der Waals surface area contributed by atoms with Crippen LogP contribution in [-0.2, 0) is 27.7 Å². The minimum atomic E-state index is -3.54. The van der Waals surface area contributed by atoms with Crippen molar-refractivity contribution in [2.75, 3.05) is 23.7 Å². The zero-order chi connectivity index (χ0) is 19.9. The topological polar surface area (TPSA) is 66.5 Å². The molecule has 0 saturated heterocycles. The molecule has 0 heterocycles. The summed E-state index contributed by atoms with van der Waals surface area (Å²) < 4.78 is 25.4. The second-order valence-electron chi connectivity index (χ2n) is 6.73. The van der Waals surface area contributed by atoms with Gasteiger partial charge in [-0.05, 0) is 49.4 Å². The molecule has 0 bridgehead atoms. The average Bonchev–Trinajstić information content (AvgIpc) is 2.62. The highest BCUT2D eigenvalue weighted by atomic mass is 32.2. The lowest BCUT2D eigenvalue weighted by atomic mass is 10.1. The van der Waals surface area contributed by atoms with Crippen LogP contribution < -0.4 is 9.62 Å². The predicted molar refractivity (Wildman–Crippen MR) is 111 cm³/mol. The minimum Gasteiger partial charge on any atom is -0.355 e. The van der Waals surface area contributed by atoms with Gasteiger partial charge in [0.2, 0.25) is 15.9 Å². The highest BCUT2D eigenvalue weighted by Crippen LogP contribution is 2.18. The summed E-state index contributed by atoms with van der Waals surface area (Å²) in [6.07, 6.45) is 3.67. The van der Waals surface area contributed by atoms with Gasteiger partial charge in [0, 0.05) is 6.54 Å². The maximum atomic E-state index is 12.2. The predicted octanol–water partition coefficient (Wildman–Crippen LogP) is 3.07. The third-order valence-electron chi connectivity index (χ3n) is 4.37. The number of nitrogens with zero attached hydrogens (tertiary/aromatic N) is 1. The molecule has 0 spiro atoms. The van der Waals surface area contributed by atoms with Gasteiger partial charge in [-0.2, -0.15) is 0 Å². The standard InChI is InChI=1S/C21H28N2O3S/c1-4-18-10-12-20(13-11-18)23(27(3,25)26)16-21(24)22-14-6-9-19-8-5-7-17(2)15-19/h5,7-8,10-13,15H,4,6,9,14,16H2,1-3H3,(H,22,24). The zero-order valence-electron chi connectivity index (χ0n) is 16.2. The Morgan fingerprint density at radius 2 is 1.78 bits per heavy atom. The number of hydrogen-bond acceptors (Lipinski definition) is 3. The first-order chi connectivity index (χ1) is 12.8. The molecule has 2 rings (SSSR count). The van der Waals surface area contributed by atoms with Gasteiger partial charge in [0.15, 0.2) is 0 Å². The summed E-state index contributed by atoms with van der Waals surface area (Å²) in [5, 5.41) is 2.82. The molecular weight excluding hydrogens is 360 g/mol. The van der Waals surface area contributed by atoms with Crippen molar-refractivity contribution in [2.45, 2.75) is 33.1 Å². The Morgan fingerprint density at radius 1 is 1.07 bits per heavy atom. The average molecular weight is 389 g/mol.